The molecular weight excluding hydrogens is 328 g/mol. The summed E-state index contributed by atoms with van der Waals surface area (Å²) in [6.07, 6.45) is 3.55. The Balaban J connectivity index is 1.84. The molecule has 1 aliphatic rings. The highest BCUT2D eigenvalue weighted by atomic mass is 16.5. The summed E-state index contributed by atoms with van der Waals surface area (Å²) >= 11 is 0. The van der Waals surface area contributed by atoms with Gasteiger partial charge in [-0.3, -0.25) is 9.89 Å². The Hall–Kier alpha value is -1.95. The van der Waals surface area contributed by atoms with E-state index in [4.69, 9.17) is 14.5 Å². The summed E-state index contributed by atoms with van der Waals surface area (Å²) in [5.41, 5.74) is 1.20. The Morgan fingerprint density at radius 1 is 1.23 bits per heavy atom. The lowest BCUT2D eigenvalue weighted by Gasteiger charge is -2.23. The molecule has 1 aromatic carbocycles. The predicted molar refractivity (Wildman–Crippen MR) is 107 cm³/mol. The smallest absolute Gasteiger partial charge is 0.191 e. The summed E-state index contributed by atoms with van der Waals surface area (Å²) in [7, 11) is 5.52. The number of rotatable bonds is 10. The van der Waals surface area contributed by atoms with Crippen LogP contribution >= 0.6 is 0 Å². The van der Waals surface area contributed by atoms with Crippen molar-refractivity contribution < 1.29 is 9.47 Å². The van der Waals surface area contributed by atoms with Crippen molar-refractivity contribution in [2.24, 2.45) is 4.99 Å². The number of likely N-dealkylation sites (N-methyl/N-ethyl adjacent to an activating group) is 1. The first-order valence-corrected chi connectivity index (χ1v) is 9.54. The Morgan fingerprint density at radius 3 is 2.58 bits per heavy atom. The van der Waals surface area contributed by atoms with E-state index in [9.17, 15) is 0 Å². The van der Waals surface area contributed by atoms with Crippen molar-refractivity contribution in [3.05, 3.63) is 23.8 Å². The minimum absolute atomic E-state index is 0.462. The number of hydrogen-bond acceptors (Lipinski definition) is 4. The summed E-state index contributed by atoms with van der Waals surface area (Å²) < 4.78 is 10.7. The second kappa shape index (κ2) is 10.3. The molecule has 0 amide bonds. The summed E-state index contributed by atoms with van der Waals surface area (Å²) in [6.45, 7) is 6.81. The fourth-order valence-corrected chi connectivity index (χ4v) is 2.90. The van der Waals surface area contributed by atoms with Gasteiger partial charge in [0.2, 0.25) is 0 Å². The third kappa shape index (κ3) is 6.09. The molecule has 1 aromatic rings. The zero-order valence-electron chi connectivity index (χ0n) is 16.8. The fraction of sp³-hybridized carbons (Fsp3) is 0.650. The third-order valence-electron chi connectivity index (χ3n) is 4.83. The number of nitrogens with one attached hydrogen (secondary N) is 2. The molecule has 1 saturated carbocycles. The van der Waals surface area contributed by atoms with Gasteiger partial charge in [-0.25, -0.2) is 0 Å². The Morgan fingerprint density at radius 2 is 1.96 bits per heavy atom. The molecule has 0 bridgehead atoms. The highest BCUT2D eigenvalue weighted by molar-refractivity contribution is 5.79. The van der Waals surface area contributed by atoms with Gasteiger partial charge in [0.05, 0.1) is 20.8 Å². The fourth-order valence-electron chi connectivity index (χ4n) is 2.90. The van der Waals surface area contributed by atoms with Gasteiger partial charge in [0, 0.05) is 25.2 Å². The maximum atomic E-state index is 5.37. The molecule has 26 heavy (non-hydrogen) atoms. The third-order valence-corrected chi connectivity index (χ3v) is 4.83. The van der Waals surface area contributed by atoms with Crippen LogP contribution in [-0.4, -0.2) is 63.8 Å². The highest BCUT2D eigenvalue weighted by Gasteiger charge is 2.28. The Labute approximate surface area is 158 Å². The van der Waals surface area contributed by atoms with E-state index in [0.717, 1.165) is 49.6 Å². The number of nitrogens with zero attached hydrogens (tertiary/aromatic N) is 2. The lowest BCUT2D eigenvalue weighted by Crippen LogP contribution is -2.40. The van der Waals surface area contributed by atoms with Crippen molar-refractivity contribution >= 4 is 5.96 Å². The molecule has 0 aromatic heterocycles. The first kappa shape index (κ1) is 20.4. The van der Waals surface area contributed by atoms with Crippen LogP contribution in [0.5, 0.6) is 11.5 Å². The van der Waals surface area contributed by atoms with Crippen LogP contribution in [0.25, 0.3) is 0 Å². The predicted octanol–water partition coefficient (Wildman–Crippen LogP) is 2.28. The number of aliphatic imine (C=N–C) groups is 1. The van der Waals surface area contributed by atoms with Gasteiger partial charge in [0.1, 0.15) is 0 Å². The van der Waals surface area contributed by atoms with Crippen molar-refractivity contribution in [1.29, 1.82) is 0 Å². The van der Waals surface area contributed by atoms with E-state index in [-0.39, 0.29) is 0 Å². The minimum atomic E-state index is 0.462. The minimum Gasteiger partial charge on any atom is -0.493 e. The maximum absolute atomic E-state index is 5.37. The zero-order chi connectivity index (χ0) is 18.9. The summed E-state index contributed by atoms with van der Waals surface area (Å²) in [4.78, 5) is 7.19. The molecule has 0 saturated heterocycles. The highest BCUT2D eigenvalue weighted by Crippen LogP contribution is 2.28. The lowest BCUT2D eigenvalue weighted by molar-refractivity contribution is 0.253. The standard InChI is InChI=1S/C20H34N4O2/c1-6-21-20(23-14-15(2)24(3)17-8-9-17)22-12-11-16-7-10-18(25-4)19(13-16)26-5/h7,10,13,15,17H,6,8-9,11-12,14H2,1-5H3,(H2,21,22,23). The molecule has 1 fully saturated rings. The number of ether oxygens (including phenoxy) is 2. The van der Waals surface area contributed by atoms with E-state index in [1.165, 1.54) is 18.4 Å². The van der Waals surface area contributed by atoms with Crippen LogP contribution in [0.1, 0.15) is 32.3 Å². The van der Waals surface area contributed by atoms with Gasteiger partial charge in [-0.05, 0) is 57.9 Å². The van der Waals surface area contributed by atoms with Crippen molar-refractivity contribution in [3.63, 3.8) is 0 Å². The number of benzene rings is 1. The van der Waals surface area contributed by atoms with Gasteiger partial charge in [-0.1, -0.05) is 6.07 Å². The molecule has 1 atom stereocenters. The second-order valence-corrected chi connectivity index (χ2v) is 6.83. The van der Waals surface area contributed by atoms with Crippen molar-refractivity contribution in [2.45, 2.75) is 45.2 Å². The summed E-state index contributed by atoms with van der Waals surface area (Å²) in [5, 5.41) is 6.75. The van der Waals surface area contributed by atoms with Gasteiger partial charge < -0.3 is 20.1 Å². The van der Waals surface area contributed by atoms with E-state index < -0.39 is 0 Å². The zero-order valence-corrected chi connectivity index (χ0v) is 16.8. The van der Waals surface area contributed by atoms with Gasteiger partial charge in [0.25, 0.3) is 0 Å². The average Bonchev–Trinajstić information content (AvgIpc) is 3.50. The number of guanidine groups is 1. The van der Waals surface area contributed by atoms with E-state index in [0.29, 0.717) is 6.04 Å². The monoisotopic (exact) mass is 362 g/mol. The Kier molecular flexibility index (Phi) is 8.04. The van der Waals surface area contributed by atoms with Gasteiger partial charge >= 0.3 is 0 Å². The maximum Gasteiger partial charge on any atom is 0.191 e. The number of methoxy groups -OCH3 is 2. The van der Waals surface area contributed by atoms with Crippen molar-refractivity contribution in [3.8, 4) is 11.5 Å². The molecule has 2 N–H and O–H groups in total. The molecule has 1 aliphatic carbocycles. The van der Waals surface area contributed by atoms with Crippen LogP contribution in [0, 0.1) is 0 Å². The molecule has 2 rings (SSSR count). The molecule has 146 valence electrons. The van der Waals surface area contributed by atoms with Crippen LogP contribution in [-0.2, 0) is 6.42 Å². The van der Waals surface area contributed by atoms with E-state index in [1.807, 2.05) is 12.1 Å². The van der Waals surface area contributed by atoms with Crippen LogP contribution in [0.2, 0.25) is 0 Å². The first-order chi connectivity index (χ1) is 12.6. The largest absolute Gasteiger partial charge is 0.493 e. The van der Waals surface area contributed by atoms with Gasteiger partial charge in [-0.15, -0.1) is 0 Å². The van der Waals surface area contributed by atoms with Gasteiger partial charge in [0.15, 0.2) is 17.5 Å². The molecular formula is C20H34N4O2. The van der Waals surface area contributed by atoms with E-state index in [1.54, 1.807) is 14.2 Å². The first-order valence-electron chi connectivity index (χ1n) is 9.54. The van der Waals surface area contributed by atoms with E-state index in [2.05, 4.69) is 42.5 Å². The molecule has 0 heterocycles. The van der Waals surface area contributed by atoms with E-state index >= 15 is 0 Å². The average molecular weight is 363 g/mol. The quantitative estimate of drug-likeness (QED) is 0.494. The SMILES string of the molecule is CCNC(=NCC(C)N(C)C1CC1)NCCc1ccc(OC)c(OC)c1. The van der Waals surface area contributed by atoms with Crippen LogP contribution < -0.4 is 20.1 Å². The molecule has 1 unspecified atom stereocenters. The lowest BCUT2D eigenvalue weighted by atomic mass is 10.1. The molecule has 6 heteroatoms. The molecule has 0 aliphatic heterocycles. The molecule has 6 nitrogen and oxygen atoms in total. The van der Waals surface area contributed by atoms with Crippen LogP contribution in [0.3, 0.4) is 0 Å². The van der Waals surface area contributed by atoms with Gasteiger partial charge in [-0.2, -0.15) is 0 Å². The normalized spacial score (nSPS) is 15.7. The molecule has 0 radical (unpaired) electrons. The topological polar surface area (TPSA) is 58.1 Å². The molecule has 0 spiro atoms. The number of hydrogen-bond donors (Lipinski definition) is 2. The summed E-state index contributed by atoms with van der Waals surface area (Å²) in [6, 6.07) is 7.27. The van der Waals surface area contributed by atoms with Crippen LogP contribution in [0.15, 0.2) is 23.2 Å². The van der Waals surface area contributed by atoms with Crippen molar-refractivity contribution in [2.75, 3.05) is 40.9 Å². The van der Waals surface area contributed by atoms with Crippen LogP contribution in [0.4, 0.5) is 0 Å². The van der Waals surface area contributed by atoms with Crippen molar-refractivity contribution in [1.82, 2.24) is 15.5 Å². The Bertz CT molecular complexity index is 587. The summed E-state index contributed by atoms with van der Waals surface area (Å²) in [5.74, 6) is 2.40. The second-order valence-electron chi connectivity index (χ2n) is 6.83.